The minimum Gasteiger partial charge on any atom is -0.257 e. The van der Waals surface area contributed by atoms with E-state index in [9.17, 15) is 0 Å². The summed E-state index contributed by atoms with van der Waals surface area (Å²) < 4.78 is 0. The fourth-order valence-corrected chi connectivity index (χ4v) is 3.45. The SMILES string of the molecule is c1ccc(N2N=C(c3ccccn3)C[C@@H]2c2ccsc2)cc1. The molecule has 1 aliphatic rings. The number of para-hydroxylation sites is 1. The molecule has 0 amide bonds. The zero-order valence-electron chi connectivity index (χ0n) is 12.0. The largest absolute Gasteiger partial charge is 0.257 e. The monoisotopic (exact) mass is 305 g/mol. The molecule has 1 aliphatic heterocycles. The van der Waals surface area contributed by atoms with Crippen LogP contribution in [-0.2, 0) is 0 Å². The van der Waals surface area contributed by atoms with E-state index in [1.54, 1.807) is 11.3 Å². The number of aromatic nitrogens is 1. The van der Waals surface area contributed by atoms with Gasteiger partial charge in [0, 0.05) is 12.6 Å². The van der Waals surface area contributed by atoms with Gasteiger partial charge in [-0.2, -0.15) is 16.4 Å². The molecule has 0 fully saturated rings. The van der Waals surface area contributed by atoms with E-state index < -0.39 is 0 Å². The fraction of sp³-hybridized carbons (Fsp3) is 0.111. The van der Waals surface area contributed by atoms with Crippen LogP contribution in [0.25, 0.3) is 0 Å². The van der Waals surface area contributed by atoms with Crippen molar-refractivity contribution < 1.29 is 0 Å². The first kappa shape index (κ1) is 13.2. The molecule has 0 bridgehead atoms. The topological polar surface area (TPSA) is 28.5 Å². The molecule has 22 heavy (non-hydrogen) atoms. The minimum absolute atomic E-state index is 0.241. The van der Waals surface area contributed by atoms with Gasteiger partial charge in [0.05, 0.1) is 23.1 Å². The fourth-order valence-electron chi connectivity index (χ4n) is 2.74. The maximum atomic E-state index is 4.86. The van der Waals surface area contributed by atoms with Gasteiger partial charge in [0.1, 0.15) is 0 Å². The third kappa shape index (κ3) is 2.42. The van der Waals surface area contributed by atoms with E-state index in [0.29, 0.717) is 0 Å². The highest BCUT2D eigenvalue weighted by atomic mass is 32.1. The lowest BCUT2D eigenvalue weighted by molar-refractivity contribution is 0.711. The minimum atomic E-state index is 0.241. The molecule has 0 saturated heterocycles. The van der Waals surface area contributed by atoms with E-state index in [2.05, 4.69) is 39.0 Å². The quantitative estimate of drug-likeness (QED) is 0.713. The summed E-state index contributed by atoms with van der Waals surface area (Å²) in [5.41, 5.74) is 4.43. The van der Waals surface area contributed by atoms with Crippen molar-refractivity contribution in [2.75, 3.05) is 5.01 Å². The second kappa shape index (κ2) is 5.73. The summed E-state index contributed by atoms with van der Waals surface area (Å²) in [5, 5.41) is 11.3. The van der Waals surface area contributed by atoms with Crippen LogP contribution in [0.3, 0.4) is 0 Å². The van der Waals surface area contributed by atoms with Gasteiger partial charge in [-0.15, -0.1) is 0 Å². The number of thiophene rings is 1. The standard InChI is InChI=1S/C18H15N3S/c1-2-6-15(7-3-1)21-18(14-9-11-22-13-14)12-17(20-21)16-8-4-5-10-19-16/h1-11,13,18H,12H2/t18-/m1/s1. The summed E-state index contributed by atoms with van der Waals surface area (Å²) in [6.45, 7) is 0. The van der Waals surface area contributed by atoms with Crippen LogP contribution in [-0.4, -0.2) is 10.7 Å². The molecule has 0 spiro atoms. The van der Waals surface area contributed by atoms with Crippen molar-refractivity contribution in [3.05, 3.63) is 82.8 Å². The predicted molar refractivity (Wildman–Crippen MR) is 91.4 cm³/mol. The number of nitrogens with zero attached hydrogens (tertiary/aromatic N) is 3. The molecule has 3 nitrogen and oxygen atoms in total. The molecule has 1 atom stereocenters. The molecule has 0 aliphatic carbocycles. The Bertz CT molecular complexity index is 767. The number of hydrogen-bond donors (Lipinski definition) is 0. The number of pyridine rings is 1. The third-order valence-electron chi connectivity index (χ3n) is 3.82. The molecule has 3 heterocycles. The summed E-state index contributed by atoms with van der Waals surface area (Å²) >= 11 is 1.73. The predicted octanol–water partition coefficient (Wildman–Crippen LogP) is 4.50. The van der Waals surface area contributed by atoms with Crippen LogP contribution in [0.2, 0.25) is 0 Å². The van der Waals surface area contributed by atoms with Gasteiger partial charge in [-0.3, -0.25) is 9.99 Å². The van der Waals surface area contributed by atoms with Crippen molar-refractivity contribution in [1.82, 2.24) is 4.98 Å². The summed E-state index contributed by atoms with van der Waals surface area (Å²) in [7, 11) is 0. The second-order valence-electron chi connectivity index (χ2n) is 5.22. The highest BCUT2D eigenvalue weighted by molar-refractivity contribution is 7.08. The molecule has 2 aromatic heterocycles. The maximum Gasteiger partial charge on any atom is 0.0890 e. The summed E-state index contributed by atoms with van der Waals surface area (Å²) in [4.78, 5) is 4.45. The molecule has 0 unspecified atom stereocenters. The van der Waals surface area contributed by atoms with Crippen molar-refractivity contribution in [1.29, 1.82) is 0 Å². The molecule has 0 saturated carbocycles. The zero-order chi connectivity index (χ0) is 14.8. The Labute approximate surface area is 133 Å². The van der Waals surface area contributed by atoms with Gasteiger partial charge >= 0.3 is 0 Å². The van der Waals surface area contributed by atoms with Gasteiger partial charge in [0.15, 0.2) is 0 Å². The number of hydrazone groups is 1. The first-order chi connectivity index (χ1) is 10.9. The molecular weight excluding hydrogens is 290 g/mol. The summed E-state index contributed by atoms with van der Waals surface area (Å²) in [6.07, 6.45) is 2.70. The van der Waals surface area contributed by atoms with E-state index in [-0.39, 0.29) is 6.04 Å². The number of anilines is 1. The maximum absolute atomic E-state index is 4.86. The second-order valence-corrected chi connectivity index (χ2v) is 6.00. The van der Waals surface area contributed by atoms with Gasteiger partial charge < -0.3 is 0 Å². The van der Waals surface area contributed by atoms with E-state index >= 15 is 0 Å². The lowest BCUT2D eigenvalue weighted by Gasteiger charge is -2.22. The molecule has 0 N–H and O–H groups in total. The number of benzene rings is 1. The smallest absolute Gasteiger partial charge is 0.0890 e. The van der Waals surface area contributed by atoms with E-state index in [1.807, 2.05) is 42.6 Å². The lowest BCUT2D eigenvalue weighted by Crippen LogP contribution is -2.17. The average molecular weight is 305 g/mol. The highest BCUT2D eigenvalue weighted by Crippen LogP contribution is 2.36. The van der Waals surface area contributed by atoms with Crippen LogP contribution < -0.4 is 5.01 Å². The Morgan fingerprint density at radius 2 is 1.86 bits per heavy atom. The van der Waals surface area contributed by atoms with Crippen LogP contribution in [0.4, 0.5) is 5.69 Å². The van der Waals surface area contributed by atoms with Crippen LogP contribution >= 0.6 is 11.3 Å². The zero-order valence-corrected chi connectivity index (χ0v) is 12.8. The number of rotatable bonds is 3. The van der Waals surface area contributed by atoms with Gasteiger partial charge in [0.2, 0.25) is 0 Å². The van der Waals surface area contributed by atoms with Crippen molar-refractivity contribution in [2.45, 2.75) is 12.5 Å². The summed E-state index contributed by atoms with van der Waals surface area (Å²) in [6, 6.07) is 18.7. The normalized spacial score (nSPS) is 17.5. The molecule has 4 heteroatoms. The van der Waals surface area contributed by atoms with Crippen LogP contribution in [0.5, 0.6) is 0 Å². The summed E-state index contributed by atoms with van der Waals surface area (Å²) in [5.74, 6) is 0. The first-order valence-corrected chi connectivity index (χ1v) is 8.21. The third-order valence-corrected chi connectivity index (χ3v) is 4.52. The Kier molecular flexibility index (Phi) is 3.45. The van der Waals surface area contributed by atoms with Crippen molar-refractivity contribution in [2.24, 2.45) is 5.10 Å². The molecule has 1 aromatic carbocycles. The Balaban J connectivity index is 1.75. The first-order valence-electron chi connectivity index (χ1n) is 7.27. The van der Waals surface area contributed by atoms with E-state index in [4.69, 9.17) is 5.10 Å². The molecule has 4 rings (SSSR count). The number of hydrogen-bond acceptors (Lipinski definition) is 4. The van der Waals surface area contributed by atoms with Gasteiger partial charge in [-0.1, -0.05) is 24.3 Å². The highest BCUT2D eigenvalue weighted by Gasteiger charge is 2.30. The van der Waals surface area contributed by atoms with E-state index in [0.717, 1.165) is 23.5 Å². The van der Waals surface area contributed by atoms with E-state index in [1.165, 1.54) is 5.56 Å². The van der Waals surface area contributed by atoms with Crippen molar-refractivity contribution in [3.8, 4) is 0 Å². The average Bonchev–Trinajstić information content (AvgIpc) is 3.26. The van der Waals surface area contributed by atoms with Gasteiger partial charge in [-0.25, -0.2) is 0 Å². The molecular formula is C18H15N3S. The van der Waals surface area contributed by atoms with Crippen molar-refractivity contribution in [3.63, 3.8) is 0 Å². The Morgan fingerprint density at radius 1 is 1.00 bits per heavy atom. The van der Waals surface area contributed by atoms with Crippen LogP contribution in [0.15, 0.2) is 76.7 Å². The van der Waals surface area contributed by atoms with Crippen molar-refractivity contribution >= 4 is 22.7 Å². The van der Waals surface area contributed by atoms with Gasteiger partial charge in [-0.05, 0) is 46.7 Å². The van der Waals surface area contributed by atoms with Gasteiger partial charge in [0.25, 0.3) is 0 Å². The van der Waals surface area contributed by atoms with Crippen LogP contribution in [0.1, 0.15) is 23.7 Å². The molecule has 108 valence electrons. The lowest BCUT2D eigenvalue weighted by atomic mass is 10.0. The molecule has 3 aromatic rings. The Hall–Kier alpha value is -2.46. The Morgan fingerprint density at radius 3 is 2.59 bits per heavy atom. The molecule has 0 radical (unpaired) electrons. The van der Waals surface area contributed by atoms with Crippen LogP contribution in [0, 0.1) is 0 Å².